The molecule has 2 aromatic rings. The Morgan fingerprint density at radius 3 is 2.56 bits per heavy atom. The summed E-state index contributed by atoms with van der Waals surface area (Å²) in [7, 11) is 0. The quantitative estimate of drug-likeness (QED) is 0.893. The Morgan fingerprint density at radius 1 is 1.33 bits per heavy atom. The molecule has 5 nitrogen and oxygen atoms in total. The summed E-state index contributed by atoms with van der Waals surface area (Å²) in [6.07, 6.45) is -2.01. The van der Waals surface area contributed by atoms with Gasteiger partial charge in [-0.1, -0.05) is 0 Å². The van der Waals surface area contributed by atoms with Crippen LogP contribution in [0.2, 0.25) is 0 Å². The third-order valence-corrected chi connectivity index (χ3v) is 2.12. The van der Waals surface area contributed by atoms with E-state index in [1.54, 1.807) is 0 Å². The maximum Gasteiger partial charge on any atom is 0.433 e. The molecule has 0 fully saturated rings. The number of rotatable bonds is 2. The highest BCUT2D eigenvalue weighted by Gasteiger charge is 2.33. The number of carbonyl (C=O) groups is 1. The number of alkyl halides is 3. The number of halogens is 3. The van der Waals surface area contributed by atoms with Crippen LogP contribution in [0.5, 0.6) is 0 Å². The van der Waals surface area contributed by atoms with Crippen molar-refractivity contribution in [3.63, 3.8) is 0 Å². The lowest BCUT2D eigenvalue weighted by molar-refractivity contribution is -0.141. The van der Waals surface area contributed by atoms with Crippen LogP contribution in [0, 0.1) is 0 Å². The molecule has 2 heterocycles. The lowest BCUT2D eigenvalue weighted by Crippen LogP contribution is -2.14. The van der Waals surface area contributed by atoms with Crippen LogP contribution < -0.4 is 0 Å². The van der Waals surface area contributed by atoms with Crippen molar-refractivity contribution in [3.8, 4) is 5.82 Å². The van der Waals surface area contributed by atoms with Gasteiger partial charge in [0.05, 0.1) is 0 Å². The largest absolute Gasteiger partial charge is 0.478 e. The van der Waals surface area contributed by atoms with E-state index in [1.807, 2.05) is 0 Å². The molecule has 0 aliphatic rings. The van der Waals surface area contributed by atoms with Crippen LogP contribution in [0.15, 0.2) is 30.6 Å². The molecule has 94 valence electrons. The molecule has 0 unspecified atom stereocenters. The number of hydrogen-bond acceptors (Lipinski definition) is 3. The molecule has 0 saturated carbocycles. The first-order chi connectivity index (χ1) is 8.39. The van der Waals surface area contributed by atoms with E-state index in [0.29, 0.717) is 6.07 Å². The average Bonchev–Trinajstić information content (AvgIpc) is 2.80. The minimum absolute atomic E-state index is 0.355. The van der Waals surface area contributed by atoms with Gasteiger partial charge in [0.1, 0.15) is 11.3 Å². The van der Waals surface area contributed by atoms with Gasteiger partial charge in [-0.05, 0) is 18.2 Å². The van der Waals surface area contributed by atoms with Gasteiger partial charge in [0, 0.05) is 12.4 Å². The zero-order chi connectivity index (χ0) is 13.3. The summed E-state index contributed by atoms with van der Waals surface area (Å²) in [4.78, 5) is 14.2. The van der Waals surface area contributed by atoms with Gasteiger partial charge >= 0.3 is 12.1 Å². The van der Waals surface area contributed by atoms with Gasteiger partial charge in [-0.25, -0.2) is 14.5 Å². The Labute approximate surface area is 98.5 Å². The van der Waals surface area contributed by atoms with Crippen LogP contribution in [-0.4, -0.2) is 25.8 Å². The molecule has 0 aromatic carbocycles. The Balaban J connectivity index is 2.63. The molecule has 0 atom stereocenters. The topological polar surface area (TPSA) is 68.0 Å². The van der Waals surface area contributed by atoms with Crippen LogP contribution in [0.25, 0.3) is 5.82 Å². The predicted molar refractivity (Wildman–Crippen MR) is 53.3 cm³/mol. The fraction of sp³-hybridized carbons (Fsp3) is 0.100. The standard InChI is InChI=1S/C10H6F3N3O2/c11-10(12,13)7-3-2-6(9(17)18)8(15-7)16-5-1-4-14-16/h1-5H,(H,17,18). The summed E-state index contributed by atoms with van der Waals surface area (Å²) in [5.74, 6) is -1.75. The van der Waals surface area contributed by atoms with Crippen LogP contribution in [0.4, 0.5) is 13.2 Å². The van der Waals surface area contributed by atoms with E-state index in [4.69, 9.17) is 5.11 Å². The van der Waals surface area contributed by atoms with Crippen molar-refractivity contribution in [2.45, 2.75) is 6.18 Å². The molecule has 0 radical (unpaired) electrons. The normalized spacial score (nSPS) is 11.5. The molecule has 2 rings (SSSR count). The number of aromatic nitrogens is 3. The van der Waals surface area contributed by atoms with Crippen LogP contribution in [0.1, 0.15) is 16.1 Å². The van der Waals surface area contributed by atoms with Crippen LogP contribution in [0.3, 0.4) is 0 Å². The van der Waals surface area contributed by atoms with Crippen molar-refractivity contribution in [1.29, 1.82) is 0 Å². The third-order valence-electron chi connectivity index (χ3n) is 2.12. The highest BCUT2D eigenvalue weighted by Crippen LogP contribution is 2.28. The van der Waals surface area contributed by atoms with E-state index in [2.05, 4.69) is 10.1 Å². The number of carboxylic acid groups (broad SMARTS) is 1. The number of aromatic carboxylic acids is 1. The molecule has 8 heteroatoms. The first kappa shape index (κ1) is 12.1. The summed E-state index contributed by atoms with van der Waals surface area (Å²) in [5.41, 5.74) is -1.52. The van der Waals surface area contributed by atoms with E-state index in [-0.39, 0.29) is 11.4 Å². The number of hydrogen-bond donors (Lipinski definition) is 1. The molecule has 18 heavy (non-hydrogen) atoms. The van der Waals surface area contributed by atoms with E-state index in [9.17, 15) is 18.0 Å². The van der Waals surface area contributed by atoms with E-state index in [1.165, 1.54) is 18.5 Å². The fourth-order valence-electron chi connectivity index (χ4n) is 1.34. The molecule has 0 aliphatic heterocycles. The number of carboxylic acids is 1. The SMILES string of the molecule is O=C(O)c1ccc(C(F)(F)F)nc1-n1cccn1. The van der Waals surface area contributed by atoms with Crippen molar-refractivity contribution in [3.05, 3.63) is 41.9 Å². The van der Waals surface area contributed by atoms with Crippen LogP contribution in [-0.2, 0) is 6.18 Å². The first-order valence-electron chi connectivity index (χ1n) is 4.71. The molecule has 0 saturated heterocycles. The molecular formula is C10H6F3N3O2. The van der Waals surface area contributed by atoms with Crippen molar-refractivity contribution < 1.29 is 23.1 Å². The second kappa shape index (κ2) is 4.13. The van der Waals surface area contributed by atoms with Crippen molar-refractivity contribution >= 4 is 5.97 Å². The zero-order valence-corrected chi connectivity index (χ0v) is 8.72. The minimum Gasteiger partial charge on any atom is -0.478 e. The lowest BCUT2D eigenvalue weighted by atomic mass is 10.2. The molecule has 0 spiro atoms. The Bertz CT molecular complexity index is 579. The lowest BCUT2D eigenvalue weighted by Gasteiger charge is -2.10. The van der Waals surface area contributed by atoms with Gasteiger partial charge in [-0.2, -0.15) is 18.3 Å². The summed E-state index contributed by atoms with van der Waals surface area (Å²) in [6.45, 7) is 0. The molecular weight excluding hydrogens is 251 g/mol. The monoisotopic (exact) mass is 257 g/mol. The van der Waals surface area contributed by atoms with Gasteiger partial charge < -0.3 is 5.11 Å². The summed E-state index contributed by atoms with van der Waals surface area (Å²) >= 11 is 0. The summed E-state index contributed by atoms with van der Waals surface area (Å²) < 4.78 is 38.5. The van der Waals surface area contributed by atoms with E-state index < -0.39 is 17.8 Å². The second-order valence-corrected chi connectivity index (χ2v) is 3.32. The highest BCUT2D eigenvalue weighted by atomic mass is 19.4. The van der Waals surface area contributed by atoms with Gasteiger partial charge in [0.15, 0.2) is 5.82 Å². The van der Waals surface area contributed by atoms with Crippen molar-refractivity contribution in [2.75, 3.05) is 0 Å². The molecule has 2 aromatic heterocycles. The Kier molecular flexibility index (Phi) is 2.77. The van der Waals surface area contributed by atoms with Gasteiger partial charge in [0.2, 0.25) is 0 Å². The zero-order valence-electron chi connectivity index (χ0n) is 8.72. The summed E-state index contributed by atoms with van der Waals surface area (Å²) in [6, 6.07) is 2.93. The second-order valence-electron chi connectivity index (χ2n) is 3.32. The van der Waals surface area contributed by atoms with E-state index >= 15 is 0 Å². The smallest absolute Gasteiger partial charge is 0.433 e. The molecule has 0 aliphatic carbocycles. The maximum absolute atomic E-state index is 12.5. The molecule has 0 bridgehead atoms. The van der Waals surface area contributed by atoms with Crippen molar-refractivity contribution in [1.82, 2.24) is 14.8 Å². The first-order valence-corrected chi connectivity index (χ1v) is 4.71. The maximum atomic E-state index is 12.5. The van der Waals surface area contributed by atoms with Crippen LogP contribution >= 0.6 is 0 Å². The predicted octanol–water partition coefficient (Wildman–Crippen LogP) is 1.98. The fourth-order valence-corrected chi connectivity index (χ4v) is 1.34. The average molecular weight is 257 g/mol. The molecule has 0 amide bonds. The van der Waals surface area contributed by atoms with Gasteiger partial charge in [0.25, 0.3) is 0 Å². The minimum atomic E-state index is -4.64. The van der Waals surface area contributed by atoms with Crippen molar-refractivity contribution in [2.24, 2.45) is 0 Å². The number of nitrogens with zero attached hydrogens (tertiary/aromatic N) is 3. The number of pyridine rings is 1. The highest BCUT2D eigenvalue weighted by molar-refractivity contribution is 5.91. The van der Waals surface area contributed by atoms with Gasteiger partial charge in [-0.3, -0.25) is 0 Å². The third kappa shape index (κ3) is 2.17. The van der Waals surface area contributed by atoms with Gasteiger partial charge in [-0.15, -0.1) is 0 Å². The Hall–Kier alpha value is -2.38. The Morgan fingerprint density at radius 2 is 2.06 bits per heavy atom. The van der Waals surface area contributed by atoms with E-state index in [0.717, 1.165) is 10.7 Å². The molecule has 1 N–H and O–H groups in total. The summed E-state index contributed by atoms with van der Waals surface area (Å²) in [5, 5.41) is 12.6.